The molecule has 0 aliphatic heterocycles. The molecule has 3 aromatic heterocycles. The molecule has 0 aliphatic carbocycles. The van der Waals surface area contributed by atoms with Gasteiger partial charge in [-0.3, -0.25) is 10.1 Å². The molecule has 5 aromatic rings. The standard InChI is InChI=1S/C25H25N5O/c1-15-22(21-5-3-4-6-24(21)28-15)11-19(26)14-31-20-9-18(12-27-13-20)17-7-8-25-23(10-17)16(2)29-30-25/h3-10,12-13,19,28H,11,14,26H2,1-2H3,(H,29,30)/t19-/m0/s1. The van der Waals surface area contributed by atoms with Gasteiger partial charge in [0.05, 0.1) is 11.7 Å². The molecule has 0 saturated heterocycles. The first-order chi connectivity index (χ1) is 15.1. The number of fused-ring (bicyclic) bond motifs is 2. The number of ether oxygens (including phenoxy) is 1. The number of nitrogens with two attached hydrogens (primary N) is 1. The lowest BCUT2D eigenvalue weighted by molar-refractivity contribution is 0.287. The van der Waals surface area contributed by atoms with Crippen LogP contribution >= 0.6 is 0 Å². The quantitative estimate of drug-likeness (QED) is 0.378. The smallest absolute Gasteiger partial charge is 0.138 e. The Bertz CT molecular complexity index is 1370. The third-order valence-electron chi connectivity index (χ3n) is 5.75. The average Bonchev–Trinajstić information content (AvgIpc) is 3.32. The number of H-pyrrole nitrogens is 2. The van der Waals surface area contributed by atoms with Crippen LogP contribution in [0.5, 0.6) is 5.75 Å². The fraction of sp³-hybridized carbons (Fsp3) is 0.200. The average molecular weight is 412 g/mol. The van der Waals surface area contributed by atoms with Gasteiger partial charge in [0.2, 0.25) is 0 Å². The van der Waals surface area contributed by atoms with Crippen LogP contribution in [0.25, 0.3) is 32.9 Å². The Hall–Kier alpha value is -3.64. The molecular formula is C25H25N5O. The summed E-state index contributed by atoms with van der Waals surface area (Å²) in [6.07, 6.45) is 4.33. The number of aryl methyl sites for hydroxylation is 2. The van der Waals surface area contributed by atoms with E-state index in [1.807, 2.05) is 31.3 Å². The van der Waals surface area contributed by atoms with Gasteiger partial charge in [-0.1, -0.05) is 24.3 Å². The molecule has 0 saturated carbocycles. The van der Waals surface area contributed by atoms with Crippen molar-refractivity contribution in [2.75, 3.05) is 6.61 Å². The van der Waals surface area contributed by atoms with Crippen molar-refractivity contribution in [3.63, 3.8) is 0 Å². The predicted molar refractivity (Wildman–Crippen MR) is 124 cm³/mol. The Kier molecular flexibility index (Phi) is 4.92. The molecule has 6 heteroatoms. The summed E-state index contributed by atoms with van der Waals surface area (Å²) in [5, 5.41) is 9.66. The van der Waals surface area contributed by atoms with Crippen molar-refractivity contribution in [1.82, 2.24) is 20.2 Å². The Morgan fingerprint density at radius 2 is 1.84 bits per heavy atom. The highest BCUT2D eigenvalue weighted by atomic mass is 16.5. The van der Waals surface area contributed by atoms with E-state index in [0.29, 0.717) is 12.4 Å². The zero-order chi connectivity index (χ0) is 21.4. The fourth-order valence-corrected chi connectivity index (χ4v) is 4.10. The van der Waals surface area contributed by atoms with E-state index >= 15 is 0 Å². The van der Waals surface area contributed by atoms with Crippen LogP contribution in [0.4, 0.5) is 0 Å². The Labute approximate surface area is 180 Å². The highest BCUT2D eigenvalue weighted by molar-refractivity contribution is 5.86. The molecule has 31 heavy (non-hydrogen) atoms. The monoisotopic (exact) mass is 411 g/mol. The summed E-state index contributed by atoms with van der Waals surface area (Å²) < 4.78 is 6.01. The van der Waals surface area contributed by atoms with Crippen molar-refractivity contribution in [1.29, 1.82) is 0 Å². The number of para-hydroxylation sites is 1. The lowest BCUT2D eigenvalue weighted by Gasteiger charge is -2.14. The van der Waals surface area contributed by atoms with E-state index in [1.54, 1.807) is 6.20 Å². The zero-order valence-electron chi connectivity index (χ0n) is 17.6. The van der Waals surface area contributed by atoms with E-state index in [9.17, 15) is 0 Å². The van der Waals surface area contributed by atoms with Crippen LogP contribution in [0.15, 0.2) is 60.9 Å². The number of aromatic nitrogens is 4. The van der Waals surface area contributed by atoms with Gasteiger partial charge in [0.15, 0.2) is 0 Å². The number of hydrogen-bond acceptors (Lipinski definition) is 4. The summed E-state index contributed by atoms with van der Waals surface area (Å²) in [5.41, 5.74) is 14.1. The number of rotatable bonds is 6. The number of nitrogens with one attached hydrogen (secondary N) is 2. The summed E-state index contributed by atoms with van der Waals surface area (Å²) in [6, 6.07) is 16.4. The first-order valence-corrected chi connectivity index (χ1v) is 10.4. The van der Waals surface area contributed by atoms with Crippen molar-refractivity contribution in [3.05, 3.63) is 77.9 Å². The van der Waals surface area contributed by atoms with Gasteiger partial charge < -0.3 is 15.5 Å². The summed E-state index contributed by atoms with van der Waals surface area (Å²) in [4.78, 5) is 7.80. The van der Waals surface area contributed by atoms with E-state index in [-0.39, 0.29) is 6.04 Å². The lowest BCUT2D eigenvalue weighted by atomic mass is 10.0. The SMILES string of the molecule is Cc1[nH]c2ccccc2c1C[C@H](N)COc1cncc(-c2ccc3n[nH]c(C)c3c2)c1. The van der Waals surface area contributed by atoms with Crippen molar-refractivity contribution < 1.29 is 4.74 Å². The normalized spacial score (nSPS) is 12.5. The van der Waals surface area contributed by atoms with E-state index in [0.717, 1.165) is 45.4 Å². The van der Waals surface area contributed by atoms with Gasteiger partial charge in [-0.25, -0.2) is 0 Å². The zero-order valence-corrected chi connectivity index (χ0v) is 17.6. The summed E-state index contributed by atoms with van der Waals surface area (Å²) >= 11 is 0. The van der Waals surface area contributed by atoms with Crippen molar-refractivity contribution in [3.8, 4) is 16.9 Å². The highest BCUT2D eigenvalue weighted by Gasteiger charge is 2.13. The van der Waals surface area contributed by atoms with Gasteiger partial charge in [-0.05, 0) is 55.7 Å². The number of hydrogen-bond donors (Lipinski definition) is 3. The minimum Gasteiger partial charge on any atom is -0.490 e. The molecule has 0 fully saturated rings. The topological polar surface area (TPSA) is 92.6 Å². The third kappa shape index (κ3) is 3.78. The number of benzene rings is 2. The Morgan fingerprint density at radius 3 is 2.74 bits per heavy atom. The number of nitrogens with zero attached hydrogens (tertiary/aromatic N) is 2. The first kappa shape index (κ1) is 19.3. The molecule has 0 spiro atoms. The van der Waals surface area contributed by atoms with Crippen LogP contribution in [0.1, 0.15) is 17.0 Å². The molecule has 4 N–H and O–H groups in total. The van der Waals surface area contributed by atoms with Crippen LogP contribution in [-0.2, 0) is 6.42 Å². The van der Waals surface area contributed by atoms with Crippen LogP contribution in [0.3, 0.4) is 0 Å². The van der Waals surface area contributed by atoms with Gasteiger partial charge in [0, 0.05) is 45.5 Å². The molecule has 0 amide bonds. The van der Waals surface area contributed by atoms with Crippen LogP contribution in [0.2, 0.25) is 0 Å². The summed E-state index contributed by atoms with van der Waals surface area (Å²) in [5.74, 6) is 0.715. The molecular weight excluding hydrogens is 386 g/mol. The minimum absolute atomic E-state index is 0.119. The van der Waals surface area contributed by atoms with E-state index in [4.69, 9.17) is 10.5 Å². The largest absolute Gasteiger partial charge is 0.490 e. The van der Waals surface area contributed by atoms with Gasteiger partial charge >= 0.3 is 0 Å². The maximum absolute atomic E-state index is 6.42. The van der Waals surface area contributed by atoms with Crippen molar-refractivity contribution in [2.24, 2.45) is 5.73 Å². The molecule has 156 valence electrons. The fourth-order valence-electron chi connectivity index (χ4n) is 4.10. The van der Waals surface area contributed by atoms with Gasteiger partial charge in [0.1, 0.15) is 12.4 Å². The van der Waals surface area contributed by atoms with Gasteiger partial charge in [-0.2, -0.15) is 5.10 Å². The van der Waals surface area contributed by atoms with Gasteiger partial charge in [-0.15, -0.1) is 0 Å². The number of aromatic amines is 2. The maximum Gasteiger partial charge on any atom is 0.138 e. The molecule has 5 rings (SSSR count). The molecule has 1 atom stereocenters. The van der Waals surface area contributed by atoms with E-state index < -0.39 is 0 Å². The second-order valence-electron chi connectivity index (χ2n) is 8.04. The summed E-state index contributed by atoms with van der Waals surface area (Å²) in [7, 11) is 0. The molecule has 0 radical (unpaired) electrons. The lowest BCUT2D eigenvalue weighted by Crippen LogP contribution is -2.30. The third-order valence-corrected chi connectivity index (χ3v) is 5.75. The van der Waals surface area contributed by atoms with Crippen LogP contribution < -0.4 is 10.5 Å². The van der Waals surface area contributed by atoms with Crippen LogP contribution in [0, 0.1) is 13.8 Å². The van der Waals surface area contributed by atoms with Crippen LogP contribution in [-0.4, -0.2) is 32.8 Å². The minimum atomic E-state index is -0.119. The molecule has 0 aliphatic rings. The predicted octanol–water partition coefficient (Wildman–Crippen LogP) is 4.67. The van der Waals surface area contributed by atoms with Crippen molar-refractivity contribution >= 4 is 21.8 Å². The van der Waals surface area contributed by atoms with Gasteiger partial charge in [0.25, 0.3) is 0 Å². The molecule has 2 aromatic carbocycles. The second kappa shape index (κ2) is 7.89. The molecule has 6 nitrogen and oxygen atoms in total. The van der Waals surface area contributed by atoms with E-state index in [1.165, 1.54) is 10.9 Å². The number of pyridine rings is 1. The first-order valence-electron chi connectivity index (χ1n) is 10.4. The highest BCUT2D eigenvalue weighted by Crippen LogP contribution is 2.27. The Morgan fingerprint density at radius 1 is 0.968 bits per heavy atom. The second-order valence-corrected chi connectivity index (χ2v) is 8.04. The van der Waals surface area contributed by atoms with E-state index in [2.05, 4.69) is 57.4 Å². The van der Waals surface area contributed by atoms with Crippen molar-refractivity contribution in [2.45, 2.75) is 26.3 Å². The summed E-state index contributed by atoms with van der Waals surface area (Å²) in [6.45, 7) is 4.53. The maximum atomic E-state index is 6.42. The molecule has 0 bridgehead atoms. The molecule has 3 heterocycles. The Balaban J connectivity index is 1.30. The molecule has 0 unspecified atom stereocenters.